The molecule has 2 heterocycles. The van der Waals surface area contributed by atoms with Crippen LogP contribution in [0.4, 0.5) is 0 Å². The fourth-order valence-corrected chi connectivity index (χ4v) is 5.62. The van der Waals surface area contributed by atoms with Crippen LogP contribution < -0.4 is 0 Å². The summed E-state index contributed by atoms with van der Waals surface area (Å²) in [6.45, 7) is 8.48. The van der Waals surface area contributed by atoms with Gasteiger partial charge < -0.3 is 9.80 Å². The van der Waals surface area contributed by atoms with Crippen LogP contribution in [0.1, 0.15) is 51.5 Å². The van der Waals surface area contributed by atoms with E-state index < -0.39 is 10.0 Å². The molecule has 30 heavy (non-hydrogen) atoms. The van der Waals surface area contributed by atoms with E-state index in [1.807, 2.05) is 12.1 Å². The van der Waals surface area contributed by atoms with Crippen molar-refractivity contribution in [1.29, 1.82) is 0 Å². The summed E-state index contributed by atoms with van der Waals surface area (Å²) in [6, 6.07) is 7.18. The third-order valence-electron chi connectivity index (χ3n) is 6.54. The molecule has 1 aromatic rings. The number of amides is 2. The summed E-state index contributed by atoms with van der Waals surface area (Å²) in [7, 11) is -3.55. The number of rotatable bonds is 5. The summed E-state index contributed by atoms with van der Waals surface area (Å²) in [5, 5.41) is 0. The van der Waals surface area contributed by atoms with E-state index in [2.05, 4.69) is 13.8 Å². The molecule has 1 atom stereocenters. The lowest BCUT2D eigenvalue weighted by Crippen LogP contribution is -2.53. The van der Waals surface area contributed by atoms with E-state index in [9.17, 15) is 18.0 Å². The maximum absolute atomic E-state index is 13.0. The second kappa shape index (κ2) is 9.47. The summed E-state index contributed by atoms with van der Waals surface area (Å²) in [4.78, 5) is 28.2. The van der Waals surface area contributed by atoms with Crippen LogP contribution in [0.25, 0.3) is 0 Å². The zero-order valence-electron chi connectivity index (χ0n) is 18.2. The molecule has 0 aliphatic carbocycles. The third kappa shape index (κ3) is 4.86. The predicted molar refractivity (Wildman–Crippen MR) is 115 cm³/mol. The first-order chi connectivity index (χ1) is 14.2. The van der Waals surface area contributed by atoms with E-state index in [4.69, 9.17) is 0 Å². The molecular formula is C22H33N3O4S. The van der Waals surface area contributed by atoms with Crippen molar-refractivity contribution in [2.24, 2.45) is 5.92 Å². The zero-order valence-corrected chi connectivity index (χ0v) is 19.0. The first kappa shape index (κ1) is 22.7. The average Bonchev–Trinajstić information content (AvgIpc) is 2.78. The first-order valence-electron chi connectivity index (χ1n) is 10.9. The van der Waals surface area contributed by atoms with Gasteiger partial charge in [-0.15, -0.1) is 0 Å². The molecule has 0 N–H and O–H groups in total. The van der Waals surface area contributed by atoms with Gasteiger partial charge in [0.1, 0.15) is 0 Å². The van der Waals surface area contributed by atoms with Gasteiger partial charge in [0.2, 0.25) is 21.8 Å². The van der Waals surface area contributed by atoms with Crippen molar-refractivity contribution in [3.05, 3.63) is 29.8 Å². The Labute approximate surface area is 180 Å². The average molecular weight is 436 g/mol. The lowest BCUT2D eigenvalue weighted by molar-refractivity contribution is -0.141. The second-order valence-electron chi connectivity index (χ2n) is 8.39. The van der Waals surface area contributed by atoms with Crippen molar-refractivity contribution in [3.8, 4) is 0 Å². The number of carbonyl (C=O) groups excluding carboxylic acids is 2. The Bertz CT molecular complexity index is 853. The molecule has 7 nitrogen and oxygen atoms in total. The summed E-state index contributed by atoms with van der Waals surface area (Å²) in [5.74, 6) is 0.473. The standard InChI is InChI=1S/C22H33N3O4S/c1-4-17(2)19-5-7-21(8-6-19)30(28,29)25-15-13-24(14-16-25)22(27)20-9-11-23(12-10-20)18(3)26/h5-8,17,20H,4,9-16H2,1-3H3. The SMILES string of the molecule is CCC(C)c1ccc(S(=O)(=O)N2CCN(C(=O)C3CCN(C(C)=O)CC3)CC2)cc1. The van der Waals surface area contributed by atoms with Gasteiger partial charge in [0.25, 0.3) is 0 Å². The van der Waals surface area contributed by atoms with E-state index in [1.54, 1.807) is 28.9 Å². The Morgan fingerprint density at radius 2 is 1.53 bits per heavy atom. The molecule has 0 radical (unpaired) electrons. The first-order valence-corrected chi connectivity index (χ1v) is 12.3. The van der Waals surface area contributed by atoms with Crippen LogP contribution in [0, 0.1) is 5.92 Å². The zero-order chi connectivity index (χ0) is 21.9. The number of likely N-dealkylation sites (tertiary alicyclic amines) is 1. The van der Waals surface area contributed by atoms with E-state index in [-0.39, 0.29) is 17.7 Å². The van der Waals surface area contributed by atoms with E-state index in [0.717, 1.165) is 12.0 Å². The quantitative estimate of drug-likeness (QED) is 0.711. The number of piperidine rings is 1. The van der Waals surface area contributed by atoms with Gasteiger partial charge in [-0.25, -0.2) is 8.42 Å². The van der Waals surface area contributed by atoms with Gasteiger partial charge in [-0.1, -0.05) is 26.0 Å². The Balaban J connectivity index is 1.57. The monoisotopic (exact) mass is 435 g/mol. The summed E-state index contributed by atoms with van der Waals surface area (Å²) < 4.78 is 27.5. The van der Waals surface area contributed by atoms with Crippen LogP contribution in [0.15, 0.2) is 29.2 Å². The molecule has 8 heteroatoms. The van der Waals surface area contributed by atoms with Crippen LogP contribution in [0.2, 0.25) is 0 Å². The molecule has 1 unspecified atom stereocenters. The number of carbonyl (C=O) groups is 2. The molecule has 2 aliphatic rings. The Morgan fingerprint density at radius 1 is 0.967 bits per heavy atom. The van der Waals surface area contributed by atoms with Gasteiger partial charge in [-0.3, -0.25) is 9.59 Å². The van der Waals surface area contributed by atoms with Crippen LogP contribution in [0.3, 0.4) is 0 Å². The highest BCUT2D eigenvalue weighted by molar-refractivity contribution is 7.89. The van der Waals surface area contributed by atoms with Gasteiger partial charge in [0.05, 0.1) is 4.90 Å². The van der Waals surface area contributed by atoms with Crippen molar-refractivity contribution >= 4 is 21.8 Å². The highest BCUT2D eigenvalue weighted by Crippen LogP contribution is 2.24. The molecule has 3 rings (SSSR count). The smallest absolute Gasteiger partial charge is 0.243 e. The molecule has 0 spiro atoms. The second-order valence-corrected chi connectivity index (χ2v) is 10.3. The molecule has 2 fully saturated rings. The Kier molecular flexibility index (Phi) is 7.18. The van der Waals surface area contributed by atoms with Crippen molar-refractivity contribution in [2.75, 3.05) is 39.3 Å². The maximum atomic E-state index is 13.0. The van der Waals surface area contributed by atoms with Crippen LogP contribution >= 0.6 is 0 Å². The van der Waals surface area contributed by atoms with Crippen LogP contribution in [-0.4, -0.2) is 73.6 Å². The van der Waals surface area contributed by atoms with Gasteiger partial charge in [0, 0.05) is 52.1 Å². The normalized spacial score (nSPS) is 20.2. The molecule has 0 saturated carbocycles. The predicted octanol–water partition coefficient (Wildman–Crippen LogP) is 2.29. The van der Waals surface area contributed by atoms with Gasteiger partial charge >= 0.3 is 0 Å². The van der Waals surface area contributed by atoms with Crippen molar-refractivity contribution in [1.82, 2.24) is 14.1 Å². The largest absolute Gasteiger partial charge is 0.343 e. The number of hydrogen-bond donors (Lipinski definition) is 0. The van der Waals surface area contributed by atoms with E-state index in [0.29, 0.717) is 62.9 Å². The highest BCUT2D eigenvalue weighted by atomic mass is 32.2. The summed E-state index contributed by atoms with van der Waals surface area (Å²) >= 11 is 0. The van der Waals surface area contributed by atoms with Gasteiger partial charge in [-0.2, -0.15) is 4.31 Å². The fraction of sp³-hybridized carbons (Fsp3) is 0.636. The van der Waals surface area contributed by atoms with E-state index >= 15 is 0 Å². The molecule has 0 aromatic heterocycles. The minimum absolute atomic E-state index is 0.0527. The lowest BCUT2D eigenvalue weighted by Gasteiger charge is -2.38. The van der Waals surface area contributed by atoms with Crippen molar-refractivity contribution < 1.29 is 18.0 Å². The fourth-order valence-electron chi connectivity index (χ4n) is 4.20. The minimum Gasteiger partial charge on any atom is -0.343 e. The third-order valence-corrected chi connectivity index (χ3v) is 8.45. The molecular weight excluding hydrogens is 402 g/mol. The van der Waals surface area contributed by atoms with Gasteiger partial charge in [0.15, 0.2) is 0 Å². The molecule has 2 saturated heterocycles. The number of piperazine rings is 1. The molecule has 0 bridgehead atoms. The lowest BCUT2D eigenvalue weighted by atomic mass is 9.95. The van der Waals surface area contributed by atoms with Gasteiger partial charge in [-0.05, 0) is 42.9 Å². The number of hydrogen-bond acceptors (Lipinski definition) is 4. The number of nitrogens with zero attached hydrogens (tertiary/aromatic N) is 3. The summed E-state index contributed by atoms with van der Waals surface area (Å²) in [5.41, 5.74) is 1.14. The number of sulfonamides is 1. The van der Waals surface area contributed by atoms with Crippen LogP contribution in [-0.2, 0) is 19.6 Å². The Morgan fingerprint density at radius 3 is 2.03 bits per heavy atom. The van der Waals surface area contributed by atoms with E-state index in [1.165, 1.54) is 4.31 Å². The minimum atomic E-state index is -3.55. The maximum Gasteiger partial charge on any atom is 0.243 e. The Hall–Kier alpha value is -1.93. The number of benzene rings is 1. The summed E-state index contributed by atoms with van der Waals surface area (Å²) in [6.07, 6.45) is 2.37. The van der Waals surface area contributed by atoms with Crippen molar-refractivity contribution in [3.63, 3.8) is 0 Å². The highest BCUT2D eigenvalue weighted by Gasteiger charge is 2.34. The van der Waals surface area contributed by atoms with Crippen molar-refractivity contribution in [2.45, 2.75) is 50.8 Å². The molecule has 2 aliphatic heterocycles. The molecule has 2 amide bonds. The topological polar surface area (TPSA) is 78.0 Å². The van der Waals surface area contributed by atoms with Crippen LogP contribution in [0.5, 0.6) is 0 Å². The molecule has 166 valence electrons. The molecule has 1 aromatic carbocycles.